The fourth-order valence-electron chi connectivity index (χ4n) is 2.89. The second kappa shape index (κ2) is 8.18. The van der Waals surface area contributed by atoms with Crippen LogP contribution in [0.15, 0.2) is 24.3 Å². The zero-order valence-electron chi connectivity index (χ0n) is 14.0. The van der Waals surface area contributed by atoms with Gasteiger partial charge in [-0.2, -0.15) is 0 Å². The Morgan fingerprint density at radius 2 is 1.82 bits per heavy atom. The molecule has 4 heteroatoms. The lowest BCUT2D eigenvalue weighted by Crippen LogP contribution is -2.49. The van der Waals surface area contributed by atoms with Crippen LogP contribution in [0.25, 0.3) is 0 Å². The second-order valence-electron chi connectivity index (χ2n) is 6.02. The molecule has 2 rings (SSSR count). The van der Waals surface area contributed by atoms with Gasteiger partial charge < -0.3 is 9.64 Å². The summed E-state index contributed by atoms with van der Waals surface area (Å²) >= 11 is 0. The number of hydrogen-bond donors (Lipinski definition) is 0. The molecular formula is C18H28N2O2. The summed E-state index contributed by atoms with van der Waals surface area (Å²) in [6, 6.07) is 8.46. The number of rotatable bonds is 7. The molecule has 22 heavy (non-hydrogen) atoms. The molecule has 0 N–H and O–H groups in total. The second-order valence-corrected chi connectivity index (χ2v) is 6.02. The SMILES string of the molecule is CCC(CC)c1ccc(OCCN2CCN(C)C(=O)C2)cc1. The van der Waals surface area contributed by atoms with Crippen molar-refractivity contribution in [3.63, 3.8) is 0 Å². The number of piperazine rings is 1. The zero-order chi connectivity index (χ0) is 15.9. The van der Waals surface area contributed by atoms with Gasteiger partial charge in [0.1, 0.15) is 12.4 Å². The quantitative estimate of drug-likeness (QED) is 0.776. The minimum absolute atomic E-state index is 0.195. The third kappa shape index (κ3) is 4.47. The minimum Gasteiger partial charge on any atom is -0.492 e. The number of ether oxygens (including phenoxy) is 1. The van der Waals surface area contributed by atoms with Gasteiger partial charge >= 0.3 is 0 Å². The third-order valence-corrected chi connectivity index (χ3v) is 4.55. The van der Waals surface area contributed by atoms with Gasteiger partial charge in [-0.05, 0) is 36.5 Å². The van der Waals surface area contributed by atoms with Gasteiger partial charge in [0.2, 0.25) is 5.91 Å². The topological polar surface area (TPSA) is 32.8 Å². The Balaban J connectivity index is 1.76. The number of nitrogens with zero attached hydrogens (tertiary/aromatic N) is 2. The van der Waals surface area contributed by atoms with Crippen LogP contribution in [0.2, 0.25) is 0 Å². The van der Waals surface area contributed by atoms with Crippen molar-refractivity contribution in [2.24, 2.45) is 0 Å². The van der Waals surface area contributed by atoms with Crippen molar-refractivity contribution in [3.8, 4) is 5.75 Å². The van der Waals surface area contributed by atoms with Crippen LogP contribution in [0.5, 0.6) is 5.75 Å². The Hall–Kier alpha value is -1.55. The predicted molar refractivity (Wildman–Crippen MR) is 89.3 cm³/mol. The summed E-state index contributed by atoms with van der Waals surface area (Å²) in [6.45, 7) is 8.14. The number of hydrogen-bond acceptors (Lipinski definition) is 3. The molecule has 1 saturated heterocycles. The Labute approximate surface area is 134 Å². The molecule has 0 aliphatic carbocycles. The van der Waals surface area contributed by atoms with E-state index in [0.29, 0.717) is 19.1 Å². The molecule has 0 radical (unpaired) electrons. The van der Waals surface area contributed by atoms with E-state index in [-0.39, 0.29) is 5.91 Å². The molecule has 0 spiro atoms. The number of carbonyl (C=O) groups excluding carboxylic acids is 1. The molecule has 0 atom stereocenters. The zero-order valence-corrected chi connectivity index (χ0v) is 14.0. The lowest BCUT2D eigenvalue weighted by atomic mass is 9.94. The summed E-state index contributed by atoms with van der Waals surface area (Å²) < 4.78 is 5.81. The summed E-state index contributed by atoms with van der Waals surface area (Å²) in [6.07, 6.45) is 2.35. The van der Waals surface area contributed by atoms with Crippen LogP contribution in [0.4, 0.5) is 0 Å². The number of carbonyl (C=O) groups is 1. The van der Waals surface area contributed by atoms with Crippen LogP contribution in [0, 0.1) is 0 Å². The van der Waals surface area contributed by atoms with Gasteiger partial charge in [-0.3, -0.25) is 9.69 Å². The first-order chi connectivity index (χ1) is 10.6. The summed E-state index contributed by atoms with van der Waals surface area (Å²) in [7, 11) is 1.86. The predicted octanol–water partition coefficient (Wildman–Crippen LogP) is 2.74. The maximum atomic E-state index is 11.6. The van der Waals surface area contributed by atoms with Crippen LogP contribution < -0.4 is 4.74 Å². The number of amides is 1. The highest BCUT2D eigenvalue weighted by molar-refractivity contribution is 5.78. The Morgan fingerprint density at radius 3 is 2.41 bits per heavy atom. The van der Waals surface area contributed by atoms with Crippen molar-refractivity contribution in [2.75, 3.05) is 39.8 Å². The number of benzene rings is 1. The molecule has 0 bridgehead atoms. The van der Waals surface area contributed by atoms with Crippen LogP contribution in [0.3, 0.4) is 0 Å². The van der Waals surface area contributed by atoms with Crippen molar-refractivity contribution in [1.29, 1.82) is 0 Å². The van der Waals surface area contributed by atoms with Gasteiger partial charge in [-0.25, -0.2) is 0 Å². The third-order valence-electron chi connectivity index (χ3n) is 4.55. The first-order valence-corrected chi connectivity index (χ1v) is 8.33. The van der Waals surface area contributed by atoms with Crippen molar-refractivity contribution in [3.05, 3.63) is 29.8 Å². The van der Waals surface area contributed by atoms with E-state index in [1.807, 2.05) is 7.05 Å². The summed E-state index contributed by atoms with van der Waals surface area (Å²) in [4.78, 5) is 15.6. The lowest BCUT2D eigenvalue weighted by molar-refractivity contribution is -0.134. The lowest BCUT2D eigenvalue weighted by Gasteiger charge is -2.31. The van der Waals surface area contributed by atoms with Crippen LogP contribution in [-0.4, -0.2) is 55.5 Å². The van der Waals surface area contributed by atoms with Crippen LogP contribution in [-0.2, 0) is 4.79 Å². The van der Waals surface area contributed by atoms with Crippen molar-refractivity contribution < 1.29 is 9.53 Å². The maximum Gasteiger partial charge on any atom is 0.236 e. The molecule has 0 saturated carbocycles. The maximum absolute atomic E-state index is 11.6. The smallest absolute Gasteiger partial charge is 0.236 e. The van der Waals surface area contributed by atoms with Crippen molar-refractivity contribution >= 4 is 5.91 Å². The van der Waals surface area contributed by atoms with Gasteiger partial charge in [-0.15, -0.1) is 0 Å². The summed E-state index contributed by atoms with van der Waals surface area (Å²) in [5.74, 6) is 1.75. The molecule has 0 aromatic heterocycles. The largest absolute Gasteiger partial charge is 0.492 e. The van der Waals surface area contributed by atoms with E-state index in [1.54, 1.807) is 4.90 Å². The highest BCUT2D eigenvalue weighted by atomic mass is 16.5. The van der Waals surface area contributed by atoms with Gasteiger partial charge in [0.05, 0.1) is 6.54 Å². The molecule has 1 aliphatic rings. The van der Waals surface area contributed by atoms with E-state index in [0.717, 1.165) is 25.4 Å². The van der Waals surface area contributed by atoms with E-state index in [9.17, 15) is 4.79 Å². The molecule has 1 amide bonds. The first-order valence-electron chi connectivity index (χ1n) is 8.33. The first kappa shape index (κ1) is 16.8. The monoisotopic (exact) mass is 304 g/mol. The minimum atomic E-state index is 0.195. The Bertz CT molecular complexity index is 468. The van der Waals surface area contributed by atoms with E-state index >= 15 is 0 Å². The molecular weight excluding hydrogens is 276 g/mol. The van der Waals surface area contributed by atoms with Crippen molar-refractivity contribution in [1.82, 2.24) is 9.80 Å². The van der Waals surface area contributed by atoms with Gasteiger partial charge in [0, 0.05) is 26.7 Å². The highest BCUT2D eigenvalue weighted by Gasteiger charge is 2.20. The van der Waals surface area contributed by atoms with E-state index < -0.39 is 0 Å². The summed E-state index contributed by atoms with van der Waals surface area (Å²) in [5, 5.41) is 0. The van der Waals surface area contributed by atoms with Gasteiger partial charge in [0.25, 0.3) is 0 Å². The van der Waals surface area contributed by atoms with Crippen LogP contribution in [0.1, 0.15) is 38.2 Å². The fourth-order valence-corrected chi connectivity index (χ4v) is 2.89. The average Bonchev–Trinajstić information content (AvgIpc) is 2.53. The van der Waals surface area contributed by atoms with Gasteiger partial charge in [-0.1, -0.05) is 26.0 Å². The van der Waals surface area contributed by atoms with E-state index in [4.69, 9.17) is 4.74 Å². The highest BCUT2D eigenvalue weighted by Crippen LogP contribution is 2.24. The molecule has 1 heterocycles. The summed E-state index contributed by atoms with van der Waals surface area (Å²) in [5.41, 5.74) is 1.39. The van der Waals surface area contributed by atoms with E-state index in [2.05, 4.69) is 43.0 Å². The van der Waals surface area contributed by atoms with Crippen LogP contribution >= 0.6 is 0 Å². The molecule has 122 valence electrons. The molecule has 0 unspecified atom stereocenters. The molecule has 1 aliphatic heterocycles. The molecule has 4 nitrogen and oxygen atoms in total. The van der Waals surface area contributed by atoms with E-state index in [1.165, 1.54) is 18.4 Å². The molecule has 1 aromatic rings. The van der Waals surface area contributed by atoms with Gasteiger partial charge in [0.15, 0.2) is 0 Å². The fraction of sp³-hybridized carbons (Fsp3) is 0.611. The molecule has 1 fully saturated rings. The van der Waals surface area contributed by atoms with Crippen molar-refractivity contribution in [2.45, 2.75) is 32.6 Å². The Kier molecular flexibility index (Phi) is 6.25. The average molecular weight is 304 g/mol. The molecule has 1 aromatic carbocycles. The normalized spacial score (nSPS) is 16.4. The standard InChI is InChI=1S/C18H28N2O2/c1-4-15(5-2)16-6-8-17(9-7-16)22-13-12-20-11-10-19(3)18(21)14-20/h6-9,15H,4-5,10-14H2,1-3H3. The Morgan fingerprint density at radius 1 is 1.14 bits per heavy atom. The number of likely N-dealkylation sites (N-methyl/N-ethyl adjacent to an activating group) is 1.